The normalized spacial score (nSPS) is 10.6. The van der Waals surface area contributed by atoms with Crippen LogP contribution >= 0.6 is 11.9 Å². The predicted molar refractivity (Wildman–Crippen MR) is 101 cm³/mol. The van der Waals surface area contributed by atoms with Gasteiger partial charge in [-0.2, -0.15) is 5.26 Å². The first kappa shape index (κ1) is 17.8. The van der Waals surface area contributed by atoms with Crippen LogP contribution in [0.3, 0.4) is 0 Å². The van der Waals surface area contributed by atoms with E-state index in [1.165, 1.54) is 29.7 Å². The van der Waals surface area contributed by atoms with E-state index in [9.17, 15) is 9.18 Å². The summed E-state index contributed by atoms with van der Waals surface area (Å²) in [6.45, 7) is 1.70. The molecule has 0 bridgehead atoms. The minimum Gasteiger partial charge on any atom is -0.495 e. The summed E-state index contributed by atoms with van der Waals surface area (Å²) < 4.78 is 24.2. The van der Waals surface area contributed by atoms with Crippen LogP contribution in [0.25, 0.3) is 10.9 Å². The number of nitrogens with one attached hydrogen (secondary N) is 1. The zero-order valence-electron chi connectivity index (χ0n) is 14.5. The van der Waals surface area contributed by atoms with Gasteiger partial charge in [0.1, 0.15) is 11.6 Å². The third kappa shape index (κ3) is 3.24. The van der Waals surface area contributed by atoms with Crippen LogP contribution in [0.1, 0.15) is 11.1 Å². The van der Waals surface area contributed by atoms with E-state index in [1.807, 2.05) is 0 Å². The lowest BCUT2D eigenvalue weighted by atomic mass is 10.1. The number of ether oxygens (including phenoxy) is 1. The van der Waals surface area contributed by atoms with Gasteiger partial charge in [-0.3, -0.25) is 4.79 Å². The van der Waals surface area contributed by atoms with Gasteiger partial charge in [0.25, 0.3) is 5.56 Å². The molecule has 0 radical (unpaired) electrons. The molecule has 1 N–H and O–H groups in total. The second kappa shape index (κ2) is 7.10. The number of anilines is 1. The average molecular weight is 369 g/mol. The second-order valence-corrected chi connectivity index (χ2v) is 6.62. The molecule has 1 aromatic heterocycles. The summed E-state index contributed by atoms with van der Waals surface area (Å²) in [5.74, 6) is 0.0815. The fraction of sp³-hybridized carbons (Fsp3) is 0.158. The number of nitrogens with zero attached hydrogens (tertiary/aromatic N) is 2. The van der Waals surface area contributed by atoms with Gasteiger partial charge in [-0.15, -0.1) is 0 Å². The molecule has 0 aliphatic heterocycles. The number of hydrogen-bond donors (Lipinski definition) is 1. The van der Waals surface area contributed by atoms with Crippen LogP contribution in [0.15, 0.2) is 46.1 Å². The Hall–Kier alpha value is -2.98. The lowest BCUT2D eigenvalue weighted by Gasteiger charge is -2.12. The highest BCUT2D eigenvalue weighted by molar-refractivity contribution is 8.00. The van der Waals surface area contributed by atoms with E-state index in [1.54, 1.807) is 44.3 Å². The number of pyridine rings is 1. The van der Waals surface area contributed by atoms with Gasteiger partial charge >= 0.3 is 0 Å². The zero-order chi connectivity index (χ0) is 18.8. The van der Waals surface area contributed by atoms with Crippen molar-refractivity contribution in [2.45, 2.75) is 11.8 Å². The summed E-state index contributed by atoms with van der Waals surface area (Å²) in [6.07, 6.45) is 0. The molecule has 2 aromatic carbocycles. The van der Waals surface area contributed by atoms with E-state index in [0.717, 1.165) is 4.90 Å². The van der Waals surface area contributed by atoms with Crippen LogP contribution in [0, 0.1) is 24.1 Å². The van der Waals surface area contributed by atoms with Crippen LogP contribution in [-0.4, -0.2) is 11.7 Å². The minimum atomic E-state index is -0.475. The number of nitriles is 1. The van der Waals surface area contributed by atoms with Crippen LogP contribution in [0.4, 0.5) is 10.1 Å². The standard InChI is InChI=1S/C19H16FN3O2S/c1-11-6-13-8-14(9-15(20)18(13)23(2)19(11)24)22-26-17-5-4-12(10-21)7-16(17)25-3/h4-9,22H,1-3H3. The van der Waals surface area contributed by atoms with Crippen molar-refractivity contribution >= 4 is 28.5 Å². The Morgan fingerprint density at radius 2 is 2.04 bits per heavy atom. The van der Waals surface area contributed by atoms with E-state index in [0.29, 0.717) is 28.0 Å². The van der Waals surface area contributed by atoms with Crippen molar-refractivity contribution in [2.24, 2.45) is 7.05 Å². The molecule has 0 atom stereocenters. The largest absolute Gasteiger partial charge is 0.495 e. The van der Waals surface area contributed by atoms with Gasteiger partial charge in [0, 0.05) is 29.8 Å². The topological polar surface area (TPSA) is 67.0 Å². The molecule has 0 spiro atoms. The zero-order valence-corrected chi connectivity index (χ0v) is 15.3. The number of aromatic nitrogens is 1. The van der Waals surface area contributed by atoms with Gasteiger partial charge in [-0.1, -0.05) is 0 Å². The number of methoxy groups -OCH3 is 1. The molecule has 0 unspecified atom stereocenters. The first-order chi connectivity index (χ1) is 12.4. The van der Waals surface area contributed by atoms with Crippen LogP contribution in [0.5, 0.6) is 5.75 Å². The molecule has 3 rings (SSSR count). The number of fused-ring (bicyclic) bond motifs is 1. The van der Waals surface area contributed by atoms with Crippen LogP contribution < -0.4 is 15.0 Å². The molecule has 0 aliphatic rings. The molecule has 7 heteroatoms. The fourth-order valence-electron chi connectivity index (χ4n) is 2.74. The molecular formula is C19H16FN3O2S. The summed E-state index contributed by atoms with van der Waals surface area (Å²) in [5.41, 5.74) is 1.67. The third-order valence-electron chi connectivity index (χ3n) is 4.01. The lowest BCUT2D eigenvalue weighted by molar-refractivity contribution is 0.404. The van der Waals surface area contributed by atoms with Crippen molar-refractivity contribution in [1.82, 2.24) is 4.57 Å². The monoisotopic (exact) mass is 369 g/mol. The van der Waals surface area contributed by atoms with Gasteiger partial charge in [0.15, 0.2) is 0 Å². The molecule has 0 amide bonds. The van der Waals surface area contributed by atoms with E-state index < -0.39 is 5.82 Å². The Labute approximate surface area is 154 Å². The smallest absolute Gasteiger partial charge is 0.253 e. The molecule has 5 nitrogen and oxygen atoms in total. The summed E-state index contributed by atoms with van der Waals surface area (Å²) in [5, 5.41) is 9.60. The third-order valence-corrected chi connectivity index (χ3v) is 4.91. The van der Waals surface area contributed by atoms with Crippen LogP contribution in [-0.2, 0) is 7.05 Å². The van der Waals surface area contributed by atoms with E-state index >= 15 is 0 Å². The number of aryl methyl sites for hydroxylation is 2. The molecule has 0 fully saturated rings. The first-order valence-corrected chi connectivity index (χ1v) is 8.57. The van der Waals surface area contributed by atoms with Crippen molar-refractivity contribution in [2.75, 3.05) is 11.8 Å². The van der Waals surface area contributed by atoms with Gasteiger partial charge in [-0.05, 0) is 49.2 Å². The maximum atomic E-state index is 14.5. The predicted octanol–water partition coefficient (Wildman–Crippen LogP) is 3.99. The Morgan fingerprint density at radius 1 is 1.27 bits per heavy atom. The molecule has 132 valence electrons. The second-order valence-electron chi connectivity index (χ2n) is 5.77. The molecule has 0 aliphatic carbocycles. The van der Waals surface area contributed by atoms with Gasteiger partial charge < -0.3 is 14.0 Å². The Kier molecular flexibility index (Phi) is 4.87. The molecule has 1 heterocycles. The van der Waals surface area contributed by atoms with Crippen molar-refractivity contribution in [3.8, 4) is 11.8 Å². The van der Waals surface area contributed by atoms with Crippen LogP contribution in [0.2, 0.25) is 0 Å². The Bertz CT molecular complexity index is 1100. The van der Waals surface area contributed by atoms with Gasteiger partial charge in [-0.25, -0.2) is 4.39 Å². The molecule has 3 aromatic rings. The SMILES string of the molecule is COc1cc(C#N)ccc1SNc1cc(F)c2c(c1)cc(C)c(=O)n2C. The lowest BCUT2D eigenvalue weighted by Crippen LogP contribution is -2.19. The molecule has 26 heavy (non-hydrogen) atoms. The number of benzene rings is 2. The number of halogens is 1. The van der Waals surface area contributed by atoms with Crippen molar-refractivity contribution in [1.29, 1.82) is 5.26 Å². The van der Waals surface area contributed by atoms with E-state index in [4.69, 9.17) is 10.00 Å². The van der Waals surface area contributed by atoms with Gasteiger partial charge in [0.05, 0.1) is 29.2 Å². The summed E-state index contributed by atoms with van der Waals surface area (Å²) >= 11 is 1.25. The number of rotatable bonds is 4. The van der Waals surface area contributed by atoms with E-state index in [-0.39, 0.29) is 11.1 Å². The Balaban J connectivity index is 1.94. The fourth-order valence-corrected chi connectivity index (χ4v) is 3.46. The Morgan fingerprint density at radius 3 is 2.73 bits per heavy atom. The van der Waals surface area contributed by atoms with Crippen molar-refractivity contribution in [3.05, 3.63) is 63.7 Å². The number of hydrogen-bond acceptors (Lipinski definition) is 5. The molecular weight excluding hydrogens is 353 g/mol. The van der Waals surface area contributed by atoms with Gasteiger partial charge in [0.2, 0.25) is 0 Å². The highest BCUT2D eigenvalue weighted by atomic mass is 32.2. The summed E-state index contributed by atoms with van der Waals surface area (Å²) in [4.78, 5) is 12.8. The first-order valence-electron chi connectivity index (χ1n) is 7.75. The molecule has 0 saturated carbocycles. The summed E-state index contributed by atoms with van der Waals surface area (Å²) in [7, 11) is 3.09. The van der Waals surface area contributed by atoms with Crippen molar-refractivity contribution < 1.29 is 9.13 Å². The maximum absolute atomic E-state index is 14.5. The molecule has 0 saturated heterocycles. The maximum Gasteiger partial charge on any atom is 0.253 e. The average Bonchev–Trinajstić information content (AvgIpc) is 2.63. The van der Waals surface area contributed by atoms with E-state index in [2.05, 4.69) is 10.8 Å². The summed E-state index contributed by atoms with van der Waals surface area (Å²) in [6, 6.07) is 12.0. The quantitative estimate of drug-likeness (QED) is 0.705. The minimum absolute atomic E-state index is 0.214. The highest BCUT2D eigenvalue weighted by Gasteiger charge is 2.11. The van der Waals surface area contributed by atoms with Crippen molar-refractivity contribution in [3.63, 3.8) is 0 Å². The highest BCUT2D eigenvalue weighted by Crippen LogP contribution is 2.32.